The van der Waals surface area contributed by atoms with Gasteiger partial charge in [0.1, 0.15) is 0 Å². The molecule has 0 radical (unpaired) electrons. The smallest absolute Gasteiger partial charge is 0.0841 e. The first kappa shape index (κ1) is 16.9. The van der Waals surface area contributed by atoms with Crippen molar-refractivity contribution in [2.24, 2.45) is 0 Å². The first-order valence-corrected chi connectivity index (χ1v) is 7.42. The van der Waals surface area contributed by atoms with Gasteiger partial charge >= 0.3 is 0 Å². The van der Waals surface area contributed by atoms with Gasteiger partial charge in [-0.3, -0.25) is 4.84 Å². The highest BCUT2D eigenvalue weighted by molar-refractivity contribution is 4.63. The minimum absolute atomic E-state index is 0.0180. The molecule has 0 rings (SSSR count). The van der Waals surface area contributed by atoms with Gasteiger partial charge in [0.25, 0.3) is 0 Å². The van der Waals surface area contributed by atoms with Crippen LogP contribution in [0.5, 0.6) is 0 Å². The summed E-state index contributed by atoms with van der Waals surface area (Å²) in [6.07, 6.45) is 10.6. The van der Waals surface area contributed by atoms with E-state index in [1.54, 1.807) is 0 Å². The Morgan fingerprint density at radius 3 is 1.94 bits per heavy atom. The van der Waals surface area contributed by atoms with E-state index >= 15 is 0 Å². The summed E-state index contributed by atoms with van der Waals surface area (Å²) < 4.78 is 0. The maximum absolute atomic E-state index is 5.87. The lowest BCUT2D eigenvalue weighted by molar-refractivity contribution is -0.222. The molecule has 17 heavy (non-hydrogen) atoms. The number of hydroxylamine groups is 2. The van der Waals surface area contributed by atoms with Crippen molar-refractivity contribution >= 4 is 0 Å². The van der Waals surface area contributed by atoms with Gasteiger partial charge in [-0.25, -0.2) is 0 Å². The monoisotopic (exact) mass is 243 g/mol. The molecule has 0 aromatic rings. The van der Waals surface area contributed by atoms with E-state index in [2.05, 4.69) is 34.7 Å². The normalized spacial score (nSPS) is 12.4. The second-order valence-electron chi connectivity index (χ2n) is 5.68. The van der Waals surface area contributed by atoms with Gasteiger partial charge in [0, 0.05) is 13.6 Å². The van der Waals surface area contributed by atoms with E-state index < -0.39 is 0 Å². The zero-order chi connectivity index (χ0) is 13.1. The number of rotatable bonds is 11. The van der Waals surface area contributed by atoms with Crippen LogP contribution in [0, 0.1) is 0 Å². The Hall–Kier alpha value is -0.0800. The summed E-state index contributed by atoms with van der Waals surface area (Å²) in [6.45, 7) is 9.78. The summed E-state index contributed by atoms with van der Waals surface area (Å²) in [5.74, 6) is 0. The van der Waals surface area contributed by atoms with E-state index in [1.807, 2.05) is 5.06 Å². The Balaban J connectivity index is 3.36. The Kier molecular flexibility index (Phi) is 9.85. The molecule has 0 saturated heterocycles. The molecule has 0 aliphatic heterocycles. The summed E-state index contributed by atoms with van der Waals surface area (Å²) in [5, 5.41) is 2.01. The quantitative estimate of drug-likeness (QED) is 0.382. The highest BCUT2D eigenvalue weighted by atomic mass is 16.7. The van der Waals surface area contributed by atoms with Crippen molar-refractivity contribution in [2.75, 3.05) is 13.6 Å². The van der Waals surface area contributed by atoms with E-state index in [9.17, 15) is 0 Å². The van der Waals surface area contributed by atoms with Crippen LogP contribution in [0.1, 0.15) is 79.1 Å². The van der Waals surface area contributed by atoms with Gasteiger partial charge in [-0.2, -0.15) is 5.06 Å². The van der Waals surface area contributed by atoms with Gasteiger partial charge in [0.15, 0.2) is 0 Å². The molecule has 0 atom stereocenters. The Morgan fingerprint density at radius 2 is 1.41 bits per heavy atom. The van der Waals surface area contributed by atoms with Crippen LogP contribution < -0.4 is 0 Å². The molecule has 104 valence electrons. The van der Waals surface area contributed by atoms with Gasteiger partial charge in [-0.05, 0) is 26.7 Å². The molecule has 2 heteroatoms. The third-order valence-corrected chi connectivity index (χ3v) is 3.33. The van der Waals surface area contributed by atoms with Crippen molar-refractivity contribution in [3.05, 3.63) is 0 Å². The van der Waals surface area contributed by atoms with Crippen LogP contribution in [-0.2, 0) is 4.84 Å². The van der Waals surface area contributed by atoms with E-state index in [4.69, 9.17) is 4.84 Å². The Bertz CT molecular complexity index is 168. The minimum atomic E-state index is -0.0180. The average molecular weight is 243 g/mol. The fourth-order valence-electron chi connectivity index (χ4n) is 1.82. The van der Waals surface area contributed by atoms with Crippen molar-refractivity contribution in [2.45, 2.75) is 84.7 Å². The van der Waals surface area contributed by atoms with Gasteiger partial charge in [0.05, 0.1) is 5.60 Å². The van der Waals surface area contributed by atoms with Crippen molar-refractivity contribution in [1.82, 2.24) is 5.06 Å². The van der Waals surface area contributed by atoms with Gasteiger partial charge in [-0.15, -0.1) is 0 Å². The van der Waals surface area contributed by atoms with Gasteiger partial charge < -0.3 is 0 Å². The average Bonchev–Trinajstić information content (AvgIpc) is 2.27. The summed E-state index contributed by atoms with van der Waals surface area (Å²) in [7, 11) is 2.05. The van der Waals surface area contributed by atoms with Crippen LogP contribution >= 0.6 is 0 Å². The van der Waals surface area contributed by atoms with E-state index in [1.165, 1.54) is 44.9 Å². The van der Waals surface area contributed by atoms with Crippen LogP contribution in [0.3, 0.4) is 0 Å². The molecule has 0 aromatic carbocycles. The van der Waals surface area contributed by atoms with Crippen LogP contribution in [0.4, 0.5) is 0 Å². The summed E-state index contributed by atoms with van der Waals surface area (Å²) in [6, 6.07) is 0. The molecule has 0 heterocycles. The second kappa shape index (κ2) is 9.90. The lowest BCUT2D eigenvalue weighted by Crippen LogP contribution is -2.33. The molecule has 0 aliphatic rings. The van der Waals surface area contributed by atoms with E-state index in [-0.39, 0.29) is 5.60 Å². The van der Waals surface area contributed by atoms with Crippen LogP contribution in [0.2, 0.25) is 0 Å². The zero-order valence-electron chi connectivity index (χ0n) is 12.7. The Labute approximate surface area is 109 Å². The largest absolute Gasteiger partial charge is 0.293 e. The highest BCUT2D eigenvalue weighted by Crippen LogP contribution is 2.15. The molecule has 0 aromatic heterocycles. The number of hydrogen-bond acceptors (Lipinski definition) is 2. The third-order valence-electron chi connectivity index (χ3n) is 3.33. The maximum Gasteiger partial charge on any atom is 0.0841 e. The third kappa shape index (κ3) is 10.8. The molecule has 0 saturated carbocycles. The molecular formula is C15H33NO. The molecule has 2 nitrogen and oxygen atoms in total. The molecule has 0 spiro atoms. The fourth-order valence-corrected chi connectivity index (χ4v) is 1.82. The SMILES string of the molecule is CCCCCCCCCN(C)OC(C)(C)CC. The van der Waals surface area contributed by atoms with Crippen LogP contribution in [0.15, 0.2) is 0 Å². The molecule has 0 amide bonds. The summed E-state index contributed by atoms with van der Waals surface area (Å²) >= 11 is 0. The van der Waals surface area contributed by atoms with Gasteiger partial charge in [0.2, 0.25) is 0 Å². The molecular weight excluding hydrogens is 210 g/mol. The summed E-state index contributed by atoms with van der Waals surface area (Å²) in [4.78, 5) is 5.87. The predicted molar refractivity (Wildman–Crippen MR) is 76.1 cm³/mol. The second-order valence-corrected chi connectivity index (χ2v) is 5.68. The summed E-state index contributed by atoms with van der Waals surface area (Å²) in [5.41, 5.74) is -0.0180. The topological polar surface area (TPSA) is 12.5 Å². The predicted octanol–water partition coefficient (Wildman–Crippen LogP) is 4.79. The first-order valence-electron chi connectivity index (χ1n) is 7.42. The van der Waals surface area contributed by atoms with E-state index in [0.717, 1.165) is 13.0 Å². The first-order chi connectivity index (χ1) is 8.02. The fraction of sp³-hybridized carbons (Fsp3) is 1.00. The van der Waals surface area contributed by atoms with Crippen molar-refractivity contribution in [3.8, 4) is 0 Å². The lowest BCUT2D eigenvalue weighted by Gasteiger charge is -2.29. The molecule has 0 fully saturated rings. The van der Waals surface area contributed by atoms with Crippen molar-refractivity contribution < 1.29 is 4.84 Å². The number of hydrogen-bond donors (Lipinski definition) is 0. The van der Waals surface area contributed by atoms with Crippen LogP contribution in [-0.4, -0.2) is 24.3 Å². The van der Waals surface area contributed by atoms with Gasteiger partial charge in [-0.1, -0.05) is 52.4 Å². The molecule has 0 unspecified atom stereocenters. The Morgan fingerprint density at radius 1 is 0.882 bits per heavy atom. The standard InChI is InChI=1S/C15H33NO/c1-6-8-9-10-11-12-13-14-16(5)17-15(3,4)7-2/h6-14H2,1-5H3. The molecule has 0 N–H and O–H groups in total. The van der Waals surface area contributed by atoms with E-state index in [0.29, 0.717) is 0 Å². The lowest BCUT2D eigenvalue weighted by atomic mass is 10.1. The molecule has 0 bridgehead atoms. The minimum Gasteiger partial charge on any atom is -0.293 e. The highest BCUT2D eigenvalue weighted by Gasteiger charge is 2.18. The van der Waals surface area contributed by atoms with Crippen molar-refractivity contribution in [3.63, 3.8) is 0 Å². The van der Waals surface area contributed by atoms with Crippen LogP contribution in [0.25, 0.3) is 0 Å². The zero-order valence-corrected chi connectivity index (χ0v) is 12.7. The number of nitrogens with zero attached hydrogens (tertiary/aromatic N) is 1. The maximum atomic E-state index is 5.87. The molecule has 0 aliphatic carbocycles. The van der Waals surface area contributed by atoms with Crippen molar-refractivity contribution in [1.29, 1.82) is 0 Å². The number of unbranched alkanes of at least 4 members (excludes halogenated alkanes) is 6.